The normalized spacial score (nSPS) is 11.3. The van der Waals surface area contributed by atoms with Crippen molar-refractivity contribution in [3.63, 3.8) is 0 Å². The maximum Gasteiger partial charge on any atom is 0.339 e. The largest absolute Gasteiger partial charge is 0.493 e. The summed E-state index contributed by atoms with van der Waals surface area (Å²) in [6.45, 7) is 5.57. The average molecular weight is 489 g/mol. The lowest BCUT2D eigenvalue weighted by Gasteiger charge is -2.15. The first-order valence-electron chi connectivity index (χ1n) is 10.6. The maximum atomic E-state index is 12.8. The molecular formula is C27H24N2O5S. The van der Waals surface area contributed by atoms with E-state index in [1.165, 1.54) is 31.4 Å². The fraction of sp³-hybridized carbons (Fsp3) is 0.111. The number of nitrogens with one attached hydrogen (secondary N) is 1. The first-order chi connectivity index (χ1) is 16.8. The molecule has 8 heteroatoms. The number of hydrogen-bond donors (Lipinski definition) is 1. The first kappa shape index (κ1) is 25.3. The Morgan fingerprint density at radius 1 is 1.11 bits per heavy atom. The quantitative estimate of drug-likeness (QED) is 0.196. The number of anilines is 1. The Hall–Kier alpha value is -4.35. The van der Waals surface area contributed by atoms with E-state index in [2.05, 4.69) is 11.9 Å². The number of carbonyl (C=O) groups is 1. The van der Waals surface area contributed by atoms with Crippen molar-refractivity contribution < 1.29 is 22.1 Å². The molecule has 0 aliphatic carbocycles. The summed E-state index contributed by atoms with van der Waals surface area (Å²) in [5.41, 5.74) is 2.24. The number of carbonyl (C=O) groups excluding carboxylic acids is 1. The summed E-state index contributed by atoms with van der Waals surface area (Å²) in [5.74, 6) is -0.430. The highest BCUT2D eigenvalue weighted by molar-refractivity contribution is 7.87. The van der Waals surface area contributed by atoms with Crippen LogP contribution in [0.4, 0.5) is 5.69 Å². The van der Waals surface area contributed by atoms with Crippen LogP contribution < -0.4 is 14.2 Å². The molecule has 0 saturated heterocycles. The maximum absolute atomic E-state index is 12.8. The van der Waals surface area contributed by atoms with Gasteiger partial charge >= 0.3 is 10.1 Å². The molecule has 3 rings (SSSR count). The second-order valence-corrected chi connectivity index (χ2v) is 9.04. The van der Waals surface area contributed by atoms with Gasteiger partial charge in [-0.25, -0.2) is 0 Å². The number of methoxy groups -OCH3 is 1. The summed E-state index contributed by atoms with van der Waals surface area (Å²) >= 11 is 0. The lowest BCUT2D eigenvalue weighted by atomic mass is 10.0. The number of benzene rings is 3. The molecule has 178 valence electrons. The number of para-hydroxylation sites is 1. The molecule has 0 fully saturated rings. The fourth-order valence-electron chi connectivity index (χ4n) is 3.28. The summed E-state index contributed by atoms with van der Waals surface area (Å²) in [5, 5.41) is 12.3. The number of ether oxygens (including phenoxy) is 1. The third-order valence-electron chi connectivity index (χ3n) is 5.03. The van der Waals surface area contributed by atoms with E-state index >= 15 is 0 Å². The van der Waals surface area contributed by atoms with Crippen LogP contribution in [-0.2, 0) is 21.3 Å². The molecule has 0 bridgehead atoms. The van der Waals surface area contributed by atoms with Gasteiger partial charge in [-0.2, -0.15) is 13.7 Å². The Kier molecular flexibility index (Phi) is 8.08. The summed E-state index contributed by atoms with van der Waals surface area (Å²) in [4.78, 5) is 12.7. The Bertz CT molecular complexity index is 1420. The molecule has 0 atom stereocenters. The van der Waals surface area contributed by atoms with E-state index in [1.54, 1.807) is 42.5 Å². The third-order valence-corrected chi connectivity index (χ3v) is 6.27. The smallest absolute Gasteiger partial charge is 0.339 e. The zero-order valence-electron chi connectivity index (χ0n) is 19.3. The minimum absolute atomic E-state index is 0.00442. The van der Waals surface area contributed by atoms with E-state index in [0.717, 1.165) is 5.56 Å². The molecule has 7 nitrogen and oxygen atoms in total. The topological polar surface area (TPSA) is 105 Å². The van der Waals surface area contributed by atoms with Crippen LogP contribution in [-0.4, -0.2) is 21.4 Å². The van der Waals surface area contributed by atoms with Gasteiger partial charge in [-0.05, 0) is 60.9 Å². The van der Waals surface area contributed by atoms with Gasteiger partial charge in [-0.15, -0.1) is 6.58 Å². The van der Waals surface area contributed by atoms with Crippen molar-refractivity contribution in [1.29, 1.82) is 5.26 Å². The van der Waals surface area contributed by atoms with Crippen LogP contribution in [0.3, 0.4) is 0 Å². The number of nitrogens with zero attached hydrogens (tertiary/aromatic N) is 1. The van der Waals surface area contributed by atoms with Crippen molar-refractivity contribution in [2.45, 2.75) is 18.2 Å². The molecule has 0 aromatic heterocycles. The van der Waals surface area contributed by atoms with Gasteiger partial charge in [0.2, 0.25) is 0 Å². The molecular weight excluding hydrogens is 464 g/mol. The molecule has 3 aromatic rings. The molecule has 1 amide bonds. The summed E-state index contributed by atoms with van der Waals surface area (Å²) in [6.07, 6.45) is 3.24. The van der Waals surface area contributed by atoms with E-state index in [0.29, 0.717) is 16.8 Å². The number of amides is 1. The predicted octanol–water partition coefficient (Wildman–Crippen LogP) is 5.05. The molecule has 0 unspecified atom stereocenters. The minimum atomic E-state index is -4.13. The fourth-order valence-corrected chi connectivity index (χ4v) is 4.28. The number of nitriles is 1. The van der Waals surface area contributed by atoms with Crippen LogP contribution in [0.5, 0.6) is 11.5 Å². The molecule has 0 aliphatic rings. The van der Waals surface area contributed by atoms with Gasteiger partial charge < -0.3 is 14.2 Å². The third kappa shape index (κ3) is 6.16. The van der Waals surface area contributed by atoms with Gasteiger partial charge in [-0.1, -0.05) is 42.5 Å². The van der Waals surface area contributed by atoms with Gasteiger partial charge in [0.1, 0.15) is 16.5 Å². The molecule has 0 spiro atoms. The Balaban J connectivity index is 2.00. The van der Waals surface area contributed by atoms with Gasteiger partial charge in [0.15, 0.2) is 11.5 Å². The van der Waals surface area contributed by atoms with Crippen molar-refractivity contribution in [3.8, 4) is 17.6 Å². The van der Waals surface area contributed by atoms with Crippen LogP contribution in [0.1, 0.15) is 16.7 Å². The second-order valence-electron chi connectivity index (χ2n) is 7.49. The zero-order chi connectivity index (χ0) is 25.4. The molecule has 3 aromatic carbocycles. The lowest BCUT2D eigenvalue weighted by molar-refractivity contribution is -0.112. The van der Waals surface area contributed by atoms with Crippen molar-refractivity contribution in [2.24, 2.45) is 0 Å². The van der Waals surface area contributed by atoms with E-state index in [9.17, 15) is 18.5 Å². The second kappa shape index (κ2) is 11.2. The van der Waals surface area contributed by atoms with Crippen molar-refractivity contribution in [2.75, 3.05) is 12.4 Å². The molecule has 1 N–H and O–H groups in total. The Morgan fingerprint density at radius 3 is 2.43 bits per heavy atom. The van der Waals surface area contributed by atoms with E-state index in [1.807, 2.05) is 25.1 Å². The monoisotopic (exact) mass is 488 g/mol. The van der Waals surface area contributed by atoms with Crippen LogP contribution in [0.25, 0.3) is 6.08 Å². The van der Waals surface area contributed by atoms with Gasteiger partial charge in [-0.3, -0.25) is 4.79 Å². The number of rotatable bonds is 9. The number of hydrogen-bond acceptors (Lipinski definition) is 6. The zero-order valence-corrected chi connectivity index (χ0v) is 20.1. The number of aryl methyl sites for hydroxylation is 1. The lowest BCUT2D eigenvalue weighted by Crippen LogP contribution is -2.14. The van der Waals surface area contributed by atoms with Crippen LogP contribution in [0.15, 0.2) is 89.9 Å². The SMILES string of the molecule is C=CCc1cc(/C=C(\C#N)C(=O)Nc2ccccc2C)cc(OC)c1OS(=O)(=O)c1ccccc1. The highest BCUT2D eigenvalue weighted by atomic mass is 32.2. The minimum Gasteiger partial charge on any atom is -0.493 e. The highest BCUT2D eigenvalue weighted by Gasteiger charge is 2.22. The summed E-state index contributed by atoms with van der Waals surface area (Å²) in [6, 6.07) is 20.0. The van der Waals surface area contributed by atoms with E-state index in [4.69, 9.17) is 8.92 Å². The Labute approximate surface area is 205 Å². The van der Waals surface area contributed by atoms with Crippen LogP contribution in [0.2, 0.25) is 0 Å². The summed E-state index contributed by atoms with van der Waals surface area (Å²) < 4.78 is 36.5. The predicted molar refractivity (Wildman–Crippen MR) is 135 cm³/mol. The van der Waals surface area contributed by atoms with Crippen LogP contribution >= 0.6 is 0 Å². The van der Waals surface area contributed by atoms with Crippen LogP contribution in [0, 0.1) is 18.3 Å². The van der Waals surface area contributed by atoms with Crippen molar-refractivity contribution >= 4 is 27.8 Å². The summed E-state index contributed by atoms with van der Waals surface area (Å²) in [7, 11) is -2.75. The first-order valence-corrected chi connectivity index (χ1v) is 12.0. The molecule has 0 radical (unpaired) electrons. The number of allylic oxidation sites excluding steroid dienone is 1. The molecule has 0 saturated carbocycles. The van der Waals surface area contributed by atoms with Crippen molar-refractivity contribution in [3.05, 3.63) is 102 Å². The Morgan fingerprint density at radius 2 is 1.80 bits per heavy atom. The average Bonchev–Trinajstić information content (AvgIpc) is 2.85. The van der Waals surface area contributed by atoms with Gasteiger partial charge in [0, 0.05) is 11.3 Å². The molecule has 0 heterocycles. The van der Waals surface area contributed by atoms with Gasteiger partial charge in [0.25, 0.3) is 5.91 Å². The standard InChI is InChI=1S/C27H24N2O5S/c1-4-10-21-15-20(16-22(18-28)27(30)29-24-14-9-8-11-19(24)2)17-25(33-3)26(21)34-35(31,32)23-12-6-5-7-13-23/h4-9,11-17H,1,10H2,2-3H3,(H,29,30)/b22-16+. The highest BCUT2D eigenvalue weighted by Crippen LogP contribution is 2.36. The van der Waals surface area contributed by atoms with Gasteiger partial charge in [0.05, 0.1) is 7.11 Å². The molecule has 0 aliphatic heterocycles. The van der Waals surface area contributed by atoms with Crippen molar-refractivity contribution in [1.82, 2.24) is 0 Å². The van der Waals surface area contributed by atoms with E-state index < -0.39 is 16.0 Å². The van der Waals surface area contributed by atoms with E-state index in [-0.39, 0.29) is 28.4 Å². The molecule has 35 heavy (non-hydrogen) atoms.